The van der Waals surface area contributed by atoms with Crippen LogP contribution in [0.25, 0.3) is 0 Å². The number of hydrogen-bond donors (Lipinski definition) is 2. The predicted molar refractivity (Wildman–Crippen MR) is 80.3 cm³/mol. The minimum Gasteiger partial charge on any atom is -0.350 e. The van der Waals surface area contributed by atoms with Gasteiger partial charge in [0.05, 0.1) is 6.04 Å². The molecule has 1 aromatic rings. The maximum atomic E-state index is 12.2. The van der Waals surface area contributed by atoms with E-state index >= 15 is 0 Å². The number of benzene rings is 1. The molecule has 2 heterocycles. The third kappa shape index (κ3) is 3.21. The zero-order chi connectivity index (χ0) is 13.9. The molecular weight excluding hydrogens is 248 g/mol. The summed E-state index contributed by atoms with van der Waals surface area (Å²) < 4.78 is 0. The molecule has 3 rings (SSSR count). The smallest absolute Gasteiger partial charge is 0.220 e. The number of nitrogens with one attached hydrogen (secondary N) is 2. The van der Waals surface area contributed by atoms with Crippen LogP contribution in [0, 0.1) is 5.92 Å². The van der Waals surface area contributed by atoms with Crippen LogP contribution in [0.4, 0.5) is 0 Å². The monoisotopic (exact) mass is 272 g/mol. The summed E-state index contributed by atoms with van der Waals surface area (Å²) in [6, 6.07) is 11.6. The van der Waals surface area contributed by atoms with Gasteiger partial charge in [0.25, 0.3) is 0 Å². The fourth-order valence-corrected chi connectivity index (χ4v) is 3.73. The number of hydrogen-bond acceptors (Lipinski definition) is 2. The molecule has 0 radical (unpaired) electrons. The Morgan fingerprint density at radius 1 is 1.25 bits per heavy atom. The summed E-state index contributed by atoms with van der Waals surface area (Å²) in [5, 5.41) is 6.76. The normalized spacial score (nSPS) is 29.9. The van der Waals surface area contributed by atoms with Crippen LogP contribution in [0.3, 0.4) is 0 Å². The number of carbonyl (C=O) groups excluding carboxylic acids is 1. The summed E-state index contributed by atoms with van der Waals surface area (Å²) >= 11 is 0. The van der Waals surface area contributed by atoms with E-state index in [1.165, 1.54) is 31.2 Å². The Labute approximate surface area is 121 Å². The maximum absolute atomic E-state index is 12.2. The third-order valence-corrected chi connectivity index (χ3v) is 4.72. The number of rotatable bonds is 4. The van der Waals surface area contributed by atoms with Crippen LogP contribution in [0.5, 0.6) is 0 Å². The number of carbonyl (C=O) groups is 1. The first-order valence-corrected chi connectivity index (χ1v) is 7.81. The Balaban J connectivity index is 1.50. The molecule has 2 unspecified atom stereocenters. The molecule has 3 nitrogen and oxygen atoms in total. The van der Waals surface area contributed by atoms with Crippen molar-refractivity contribution in [2.75, 3.05) is 0 Å². The van der Waals surface area contributed by atoms with Crippen LogP contribution in [-0.2, 0) is 4.79 Å². The average Bonchev–Trinajstić information content (AvgIpc) is 2.78. The fourth-order valence-electron chi connectivity index (χ4n) is 3.73. The Kier molecular flexibility index (Phi) is 4.06. The highest BCUT2D eigenvalue weighted by atomic mass is 16.1. The van der Waals surface area contributed by atoms with Crippen molar-refractivity contribution in [2.24, 2.45) is 5.92 Å². The lowest BCUT2D eigenvalue weighted by Gasteiger charge is -2.29. The van der Waals surface area contributed by atoms with Crippen LogP contribution >= 0.6 is 0 Å². The molecule has 2 fully saturated rings. The minimum atomic E-state index is 0.0992. The van der Waals surface area contributed by atoms with Gasteiger partial charge < -0.3 is 10.6 Å². The lowest BCUT2D eigenvalue weighted by molar-refractivity contribution is -0.122. The first-order valence-electron chi connectivity index (χ1n) is 7.81. The third-order valence-electron chi connectivity index (χ3n) is 4.72. The zero-order valence-corrected chi connectivity index (χ0v) is 12.1. The zero-order valence-electron chi connectivity index (χ0n) is 12.1. The van der Waals surface area contributed by atoms with Crippen molar-refractivity contribution >= 4 is 5.91 Å². The molecule has 2 saturated heterocycles. The van der Waals surface area contributed by atoms with Gasteiger partial charge in [0, 0.05) is 18.5 Å². The number of amides is 1. The van der Waals surface area contributed by atoms with Gasteiger partial charge in [-0.15, -0.1) is 0 Å². The van der Waals surface area contributed by atoms with E-state index in [4.69, 9.17) is 0 Å². The second-order valence-electron chi connectivity index (χ2n) is 6.38. The molecule has 0 saturated carbocycles. The average molecular weight is 272 g/mol. The number of piperidine rings is 1. The van der Waals surface area contributed by atoms with Gasteiger partial charge in [-0.1, -0.05) is 30.3 Å². The van der Waals surface area contributed by atoms with Gasteiger partial charge >= 0.3 is 0 Å². The van der Waals surface area contributed by atoms with Crippen molar-refractivity contribution in [1.29, 1.82) is 0 Å². The van der Waals surface area contributed by atoms with E-state index in [-0.39, 0.29) is 11.9 Å². The molecule has 0 spiro atoms. The Hall–Kier alpha value is -1.35. The molecule has 1 aromatic carbocycles. The fraction of sp³-hybridized carbons (Fsp3) is 0.588. The summed E-state index contributed by atoms with van der Waals surface area (Å²) in [4.78, 5) is 12.2. The van der Waals surface area contributed by atoms with Gasteiger partial charge in [-0.3, -0.25) is 4.79 Å². The minimum absolute atomic E-state index is 0.0992. The summed E-state index contributed by atoms with van der Waals surface area (Å²) in [7, 11) is 0. The molecule has 1 amide bonds. The van der Waals surface area contributed by atoms with E-state index in [1.54, 1.807) is 0 Å². The molecule has 20 heavy (non-hydrogen) atoms. The Morgan fingerprint density at radius 3 is 2.55 bits per heavy atom. The van der Waals surface area contributed by atoms with Gasteiger partial charge in [0.1, 0.15) is 0 Å². The van der Waals surface area contributed by atoms with Crippen molar-refractivity contribution in [3.63, 3.8) is 0 Å². The molecular formula is C17H24N2O. The van der Waals surface area contributed by atoms with Crippen molar-refractivity contribution in [2.45, 2.75) is 57.2 Å². The summed E-state index contributed by atoms with van der Waals surface area (Å²) in [6.07, 6.45) is 5.62. The SMILES string of the molecule is C[C@@H](NC(=O)CC1CC2CCC(C1)N2)c1ccccc1. The van der Waals surface area contributed by atoms with E-state index in [1.807, 2.05) is 18.2 Å². The van der Waals surface area contributed by atoms with Crippen LogP contribution in [0.15, 0.2) is 30.3 Å². The first kappa shape index (κ1) is 13.6. The van der Waals surface area contributed by atoms with Crippen molar-refractivity contribution in [1.82, 2.24) is 10.6 Å². The largest absolute Gasteiger partial charge is 0.350 e. The molecule has 2 bridgehead atoms. The standard InChI is InChI=1S/C17H24N2O/c1-12(14-5-3-2-4-6-14)18-17(20)11-13-9-15-7-8-16(10-13)19-15/h2-6,12-13,15-16,19H,7-11H2,1H3,(H,18,20)/t12-,13?,15?,16?/m1/s1. The molecule has 0 aromatic heterocycles. The van der Waals surface area contributed by atoms with Gasteiger partial charge in [-0.25, -0.2) is 0 Å². The first-order chi connectivity index (χ1) is 9.70. The predicted octanol–water partition coefficient (Wildman–Crippen LogP) is 2.78. The van der Waals surface area contributed by atoms with Crippen LogP contribution < -0.4 is 10.6 Å². The van der Waals surface area contributed by atoms with Crippen LogP contribution in [-0.4, -0.2) is 18.0 Å². The topological polar surface area (TPSA) is 41.1 Å². The van der Waals surface area contributed by atoms with Crippen LogP contribution in [0.1, 0.15) is 50.6 Å². The lowest BCUT2D eigenvalue weighted by Crippen LogP contribution is -2.40. The Morgan fingerprint density at radius 2 is 1.90 bits per heavy atom. The van der Waals surface area contributed by atoms with Crippen molar-refractivity contribution < 1.29 is 4.79 Å². The quantitative estimate of drug-likeness (QED) is 0.885. The molecule has 3 atom stereocenters. The van der Waals surface area contributed by atoms with Gasteiger partial charge in [-0.05, 0) is 44.1 Å². The van der Waals surface area contributed by atoms with E-state index in [0.29, 0.717) is 24.4 Å². The van der Waals surface area contributed by atoms with E-state index in [9.17, 15) is 4.79 Å². The molecule has 108 valence electrons. The summed E-state index contributed by atoms with van der Waals surface area (Å²) in [6.45, 7) is 2.05. The Bertz CT molecular complexity index is 447. The highest BCUT2D eigenvalue weighted by Crippen LogP contribution is 2.32. The van der Waals surface area contributed by atoms with E-state index in [2.05, 4.69) is 29.7 Å². The second kappa shape index (κ2) is 5.96. The molecule has 3 heteroatoms. The molecule has 2 N–H and O–H groups in total. The van der Waals surface area contributed by atoms with Gasteiger partial charge in [-0.2, -0.15) is 0 Å². The number of fused-ring (bicyclic) bond motifs is 2. The molecule has 2 aliphatic rings. The van der Waals surface area contributed by atoms with Crippen molar-refractivity contribution in [3.8, 4) is 0 Å². The van der Waals surface area contributed by atoms with E-state index < -0.39 is 0 Å². The lowest BCUT2D eigenvalue weighted by atomic mass is 9.89. The highest BCUT2D eigenvalue weighted by Gasteiger charge is 2.34. The van der Waals surface area contributed by atoms with Crippen LogP contribution in [0.2, 0.25) is 0 Å². The highest BCUT2D eigenvalue weighted by molar-refractivity contribution is 5.76. The summed E-state index contributed by atoms with van der Waals surface area (Å²) in [5.41, 5.74) is 1.17. The second-order valence-corrected chi connectivity index (χ2v) is 6.38. The van der Waals surface area contributed by atoms with E-state index in [0.717, 1.165) is 0 Å². The maximum Gasteiger partial charge on any atom is 0.220 e. The molecule has 0 aliphatic carbocycles. The van der Waals surface area contributed by atoms with Crippen molar-refractivity contribution in [3.05, 3.63) is 35.9 Å². The molecule has 2 aliphatic heterocycles. The van der Waals surface area contributed by atoms with Gasteiger partial charge in [0.15, 0.2) is 0 Å². The summed E-state index contributed by atoms with van der Waals surface area (Å²) in [5.74, 6) is 0.768. The van der Waals surface area contributed by atoms with Gasteiger partial charge in [0.2, 0.25) is 5.91 Å².